The van der Waals surface area contributed by atoms with E-state index in [1.165, 1.54) is 0 Å². The highest BCUT2D eigenvalue weighted by atomic mass is 16.5. The normalized spacial score (nSPS) is 21.1. The predicted molar refractivity (Wildman–Crippen MR) is 57.9 cm³/mol. The minimum atomic E-state index is -0.234. The minimum Gasteiger partial charge on any atom is -0.461 e. The molecule has 2 aromatic heterocycles. The van der Waals surface area contributed by atoms with Crippen molar-refractivity contribution < 1.29 is 14.0 Å². The van der Waals surface area contributed by atoms with Crippen LogP contribution in [0.3, 0.4) is 0 Å². The van der Waals surface area contributed by atoms with Crippen LogP contribution in [-0.2, 0) is 6.54 Å². The molecule has 0 unspecified atom stereocenters. The van der Waals surface area contributed by atoms with Crippen molar-refractivity contribution in [3.05, 3.63) is 24.3 Å². The summed E-state index contributed by atoms with van der Waals surface area (Å²) in [4.78, 5) is 6.33. The van der Waals surface area contributed by atoms with E-state index in [9.17, 15) is 5.11 Å². The quantitative estimate of drug-likeness (QED) is 0.851. The molecule has 0 radical (unpaired) electrons. The minimum absolute atomic E-state index is 0.234. The summed E-state index contributed by atoms with van der Waals surface area (Å²) < 4.78 is 10.3. The smallest absolute Gasteiger partial charge is 0.241 e. The molecule has 0 bridgehead atoms. The van der Waals surface area contributed by atoms with E-state index in [0.717, 1.165) is 13.0 Å². The molecule has 6 heteroatoms. The molecule has 0 aliphatic carbocycles. The van der Waals surface area contributed by atoms with Crippen LogP contribution < -0.4 is 0 Å². The van der Waals surface area contributed by atoms with E-state index >= 15 is 0 Å². The molecule has 2 aromatic rings. The number of β-amino-alcohol motifs (C(OH)–C–C–N with tert-alkyl or cyclic N) is 1. The Morgan fingerprint density at radius 2 is 2.47 bits per heavy atom. The van der Waals surface area contributed by atoms with Crippen molar-refractivity contribution in [2.75, 3.05) is 13.1 Å². The van der Waals surface area contributed by atoms with Crippen molar-refractivity contribution in [3.63, 3.8) is 0 Å². The summed E-state index contributed by atoms with van der Waals surface area (Å²) in [6.45, 7) is 2.10. The van der Waals surface area contributed by atoms with Crippen LogP contribution in [0.1, 0.15) is 12.3 Å². The number of likely N-dealkylation sites (tertiary alicyclic amines) is 1. The lowest BCUT2D eigenvalue weighted by atomic mass is 10.3. The van der Waals surface area contributed by atoms with Crippen molar-refractivity contribution in [2.45, 2.75) is 19.1 Å². The van der Waals surface area contributed by atoms with Crippen LogP contribution >= 0.6 is 0 Å². The third-order valence-corrected chi connectivity index (χ3v) is 2.82. The molecule has 0 aromatic carbocycles. The number of aliphatic hydroxyl groups is 1. The van der Waals surface area contributed by atoms with Crippen molar-refractivity contribution >= 4 is 0 Å². The highest BCUT2D eigenvalue weighted by Crippen LogP contribution is 2.17. The summed E-state index contributed by atoms with van der Waals surface area (Å²) in [5.41, 5.74) is 0. The fraction of sp³-hybridized carbons (Fsp3) is 0.455. The highest BCUT2D eigenvalue weighted by molar-refractivity contribution is 5.44. The standard InChI is InChI=1S/C11H13N3O3/c15-8-3-4-14(6-8)7-10-12-11(13-17-10)9-2-1-5-16-9/h1-2,5,8,15H,3-4,6-7H2/t8-/m1/s1. The van der Waals surface area contributed by atoms with E-state index in [1.54, 1.807) is 18.4 Å². The number of hydrogen-bond donors (Lipinski definition) is 1. The molecule has 3 rings (SSSR count). The lowest BCUT2D eigenvalue weighted by Crippen LogP contribution is -2.21. The summed E-state index contributed by atoms with van der Waals surface area (Å²) in [5, 5.41) is 13.3. The molecule has 90 valence electrons. The molecule has 0 spiro atoms. The van der Waals surface area contributed by atoms with Gasteiger partial charge in [0.2, 0.25) is 11.7 Å². The highest BCUT2D eigenvalue weighted by Gasteiger charge is 2.22. The van der Waals surface area contributed by atoms with Crippen LogP contribution in [0.4, 0.5) is 0 Å². The van der Waals surface area contributed by atoms with E-state index < -0.39 is 0 Å². The number of nitrogens with zero attached hydrogens (tertiary/aromatic N) is 3. The van der Waals surface area contributed by atoms with E-state index in [0.29, 0.717) is 30.6 Å². The van der Waals surface area contributed by atoms with Gasteiger partial charge in [0.25, 0.3) is 0 Å². The van der Waals surface area contributed by atoms with E-state index in [4.69, 9.17) is 8.94 Å². The number of aromatic nitrogens is 2. The molecule has 0 amide bonds. The maximum absolute atomic E-state index is 9.41. The number of rotatable bonds is 3. The Labute approximate surface area is 97.8 Å². The van der Waals surface area contributed by atoms with Crippen LogP contribution in [0, 0.1) is 0 Å². The van der Waals surface area contributed by atoms with Crippen molar-refractivity contribution in [1.29, 1.82) is 0 Å². The molecule has 6 nitrogen and oxygen atoms in total. The first kappa shape index (κ1) is 10.5. The number of aliphatic hydroxyl groups excluding tert-OH is 1. The van der Waals surface area contributed by atoms with Gasteiger partial charge in [0, 0.05) is 13.1 Å². The second-order valence-electron chi connectivity index (χ2n) is 4.17. The second kappa shape index (κ2) is 4.31. The molecule has 1 saturated heterocycles. The topological polar surface area (TPSA) is 75.5 Å². The molecule has 1 N–H and O–H groups in total. The lowest BCUT2D eigenvalue weighted by molar-refractivity contribution is 0.169. The summed E-state index contributed by atoms with van der Waals surface area (Å²) in [6.07, 6.45) is 2.14. The Morgan fingerprint density at radius 1 is 1.53 bits per heavy atom. The zero-order valence-electron chi connectivity index (χ0n) is 9.24. The summed E-state index contributed by atoms with van der Waals surface area (Å²) >= 11 is 0. The molecule has 0 saturated carbocycles. The van der Waals surface area contributed by atoms with Gasteiger partial charge < -0.3 is 14.0 Å². The molecule has 1 fully saturated rings. The Morgan fingerprint density at radius 3 is 3.18 bits per heavy atom. The average Bonchev–Trinajstić information content (AvgIpc) is 3.00. The largest absolute Gasteiger partial charge is 0.461 e. The molecule has 3 heterocycles. The van der Waals surface area contributed by atoms with Gasteiger partial charge >= 0.3 is 0 Å². The van der Waals surface area contributed by atoms with Gasteiger partial charge in [-0.25, -0.2) is 0 Å². The summed E-state index contributed by atoms with van der Waals surface area (Å²) in [5.74, 6) is 1.61. The fourth-order valence-electron chi connectivity index (χ4n) is 1.97. The van der Waals surface area contributed by atoms with Crippen LogP contribution in [0.15, 0.2) is 27.3 Å². The van der Waals surface area contributed by atoms with Gasteiger partial charge in [-0.1, -0.05) is 5.16 Å². The van der Waals surface area contributed by atoms with Gasteiger partial charge in [0.15, 0.2) is 5.76 Å². The zero-order valence-corrected chi connectivity index (χ0v) is 9.24. The molecule has 1 atom stereocenters. The monoisotopic (exact) mass is 235 g/mol. The third-order valence-electron chi connectivity index (χ3n) is 2.82. The Kier molecular flexibility index (Phi) is 2.66. The van der Waals surface area contributed by atoms with Gasteiger partial charge in [-0.3, -0.25) is 4.90 Å². The Hall–Kier alpha value is -1.66. The lowest BCUT2D eigenvalue weighted by Gasteiger charge is -2.10. The van der Waals surface area contributed by atoms with Crippen molar-refractivity contribution in [3.8, 4) is 11.6 Å². The third kappa shape index (κ3) is 2.22. The zero-order chi connectivity index (χ0) is 11.7. The van der Waals surface area contributed by atoms with E-state index in [-0.39, 0.29) is 6.10 Å². The van der Waals surface area contributed by atoms with Gasteiger partial charge in [-0.05, 0) is 18.6 Å². The van der Waals surface area contributed by atoms with Gasteiger partial charge in [0.05, 0.1) is 18.9 Å². The van der Waals surface area contributed by atoms with Gasteiger partial charge in [-0.2, -0.15) is 4.98 Å². The second-order valence-corrected chi connectivity index (χ2v) is 4.17. The molecular formula is C11H13N3O3. The van der Waals surface area contributed by atoms with Crippen molar-refractivity contribution in [2.24, 2.45) is 0 Å². The van der Waals surface area contributed by atoms with E-state index in [1.807, 2.05) is 0 Å². The Balaban J connectivity index is 1.69. The van der Waals surface area contributed by atoms with Crippen LogP contribution in [0.2, 0.25) is 0 Å². The maximum Gasteiger partial charge on any atom is 0.241 e. The summed E-state index contributed by atoms with van der Waals surface area (Å²) in [7, 11) is 0. The first-order valence-electron chi connectivity index (χ1n) is 5.58. The summed E-state index contributed by atoms with van der Waals surface area (Å²) in [6, 6.07) is 3.57. The Bertz CT molecular complexity index is 480. The fourth-order valence-corrected chi connectivity index (χ4v) is 1.97. The van der Waals surface area contributed by atoms with Crippen LogP contribution in [-0.4, -0.2) is 39.3 Å². The molecule has 1 aliphatic rings. The molecular weight excluding hydrogens is 222 g/mol. The van der Waals surface area contributed by atoms with E-state index in [2.05, 4.69) is 15.0 Å². The predicted octanol–water partition coefficient (Wildman–Crippen LogP) is 0.896. The number of hydrogen-bond acceptors (Lipinski definition) is 6. The average molecular weight is 235 g/mol. The maximum atomic E-state index is 9.41. The molecule has 1 aliphatic heterocycles. The SMILES string of the molecule is O[C@@H]1CCN(Cc2nc(-c3ccco3)no2)C1. The number of furan rings is 1. The van der Waals surface area contributed by atoms with Crippen LogP contribution in [0.25, 0.3) is 11.6 Å². The van der Waals surface area contributed by atoms with Crippen molar-refractivity contribution in [1.82, 2.24) is 15.0 Å². The molecule has 17 heavy (non-hydrogen) atoms. The van der Waals surface area contributed by atoms with Gasteiger partial charge in [0.1, 0.15) is 0 Å². The van der Waals surface area contributed by atoms with Gasteiger partial charge in [-0.15, -0.1) is 0 Å². The first-order chi connectivity index (χ1) is 8.31. The first-order valence-corrected chi connectivity index (χ1v) is 5.58. The van der Waals surface area contributed by atoms with Crippen LogP contribution in [0.5, 0.6) is 0 Å².